The van der Waals surface area contributed by atoms with E-state index in [1.54, 1.807) is 18.2 Å². The van der Waals surface area contributed by atoms with Crippen LogP contribution >= 0.6 is 0 Å². The van der Waals surface area contributed by atoms with E-state index in [-0.39, 0.29) is 47.1 Å². The quantitative estimate of drug-likeness (QED) is 0.313. The zero-order valence-corrected chi connectivity index (χ0v) is 21.2. The summed E-state index contributed by atoms with van der Waals surface area (Å²) in [6.45, 7) is 0. The molecule has 1 N–H and O–H groups in total. The molecule has 15 heteroatoms. The fraction of sp³-hybridized carbons (Fsp3) is 0.217. The molecule has 3 heterocycles. The lowest BCUT2D eigenvalue weighted by molar-refractivity contribution is 0.368. The number of halogens is 1. The molecule has 1 aromatic carbocycles. The molecule has 0 aliphatic carbocycles. The van der Waals surface area contributed by atoms with Gasteiger partial charge in [-0.1, -0.05) is 12.1 Å². The summed E-state index contributed by atoms with van der Waals surface area (Å²) >= 11 is 0. The Labute approximate surface area is 216 Å². The largest absolute Gasteiger partial charge is 0.481 e. The molecule has 4 rings (SSSR count). The van der Waals surface area contributed by atoms with Gasteiger partial charge in [-0.15, -0.1) is 10.2 Å². The van der Waals surface area contributed by atoms with E-state index in [2.05, 4.69) is 29.9 Å². The van der Waals surface area contributed by atoms with Gasteiger partial charge in [-0.05, 0) is 30.2 Å². The van der Waals surface area contributed by atoms with Gasteiger partial charge in [0.25, 0.3) is 0 Å². The van der Waals surface area contributed by atoms with Gasteiger partial charge in [-0.25, -0.2) is 22.4 Å². The summed E-state index contributed by atoms with van der Waals surface area (Å²) in [6.07, 6.45) is 1.16. The van der Waals surface area contributed by atoms with Gasteiger partial charge in [0.15, 0.2) is 11.5 Å². The van der Waals surface area contributed by atoms with Crippen molar-refractivity contribution in [2.75, 3.05) is 31.8 Å². The van der Waals surface area contributed by atoms with Crippen molar-refractivity contribution in [2.24, 2.45) is 0 Å². The smallest absolute Gasteiger partial charge is 0.245 e. The Kier molecular flexibility index (Phi) is 7.63. The van der Waals surface area contributed by atoms with E-state index in [0.717, 1.165) is 12.1 Å². The minimum atomic E-state index is -4.06. The highest BCUT2D eigenvalue weighted by Gasteiger charge is 2.27. The average molecular weight is 541 g/mol. The Morgan fingerprint density at radius 3 is 2.45 bits per heavy atom. The topological polar surface area (TPSA) is 167 Å². The van der Waals surface area contributed by atoms with E-state index < -0.39 is 21.6 Å². The first-order chi connectivity index (χ1) is 18.3. The van der Waals surface area contributed by atoms with Gasteiger partial charge < -0.3 is 14.2 Å². The highest BCUT2D eigenvalue weighted by molar-refractivity contribution is 7.92. The van der Waals surface area contributed by atoms with Crippen molar-refractivity contribution in [3.63, 3.8) is 0 Å². The highest BCUT2D eigenvalue weighted by atomic mass is 32.2. The van der Waals surface area contributed by atoms with Crippen molar-refractivity contribution in [1.29, 1.82) is 5.26 Å². The third-order valence-electron chi connectivity index (χ3n) is 5.27. The third-order valence-corrected chi connectivity index (χ3v) is 6.50. The van der Waals surface area contributed by atoms with Crippen molar-refractivity contribution in [1.82, 2.24) is 29.7 Å². The number of nitriles is 1. The maximum atomic E-state index is 13.5. The van der Waals surface area contributed by atoms with Crippen LogP contribution in [0, 0.1) is 17.1 Å². The summed E-state index contributed by atoms with van der Waals surface area (Å²) < 4.78 is 59.3. The summed E-state index contributed by atoms with van der Waals surface area (Å²) in [5.74, 6) is -0.764. The molecule has 0 aliphatic rings. The van der Waals surface area contributed by atoms with Crippen molar-refractivity contribution in [3.05, 3.63) is 59.7 Å². The number of hydrogen-bond donors (Lipinski definition) is 1. The summed E-state index contributed by atoms with van der Waals surface area (Å²) in [4.78, 5) is 12.6. The Morgan fingerprint density at radius 1 is 1.05 bits per heavy atom. The lowest BCUT2D eigenvalue weighted by Gasteiger charge is -2.16. The van der Waals surface area contributed by atoms with Crippen LogP contribution in [-0.2, 0) is 16.4 Å². The molecule has 3 aromatic heterocycles. The van der Waals surface area contributed by atoms with Gasteiger partial charge in [-0.2, -0.15) is 15.2 Å². The number of benzene rings is 1. The molecule has 0 radical (unpaired) electrons. The monoisotopic (exact) mass is 540 g/mol. The number of aryl methyl sites for hydroxylation is 1. The van der Waals surface area contributed by atoms with Crippen molar-refractivity contribution >= 4 is 16.0 Å². The standard InChI is InChI=1S/C23H21FN8O5S/c1-35-18-6-4-5-17(28-18)20-29-30-23(32(20)19-21(36-2)26-13-27-22(19)37-3)31-38(33,34)10-9-14-7-8-16(24)11-15(14)12-25/h4-8,11,13H,9-10H2,1-3H3,(H,30,31). The third kappa shape index (κ3) is 5.44. The normalized spacial score (nSPS) is 11.0. The minimum absolute atomic E-state index is 0.0469. The Morgan fingerprint density at radius 2 is 1.79 bits per heavy atom. The number of ether oxygens (including phenoxy) is 3. The van der Waals surface area contributed by atoms with E-state index in [0.29, 0.717) is 11.3 Å². The molecular weight excluding hydrogens is 519 g/mol. The van der Waals surface area contributed by atoms with Crippen LogP contribution in [0.15, 0.2) is 42.7 Å². The van der Waals surface area contributed by atoms with Gasteiger partial charge in [0.1, 0.15) is 17.8 Å². The van der Waals surface area contributed by atoms with Gasteiger partial charge in [-0.3, -0.25) is 4.72 Å². The van der Waals surface area contributed by atoms with Gasteiger partial charge >= 0.3 is 0 Å². The molecule has 0 aliphatic heterocycles. The van der Waals surface area contributed by atoms with Crippen LogP contribution in [-0.4, -0.2) is 65.2 Å². The number of hydrogen-bond acceptors (Lipinski definition) is 11. The van der Waals surface area contributed by atoms with Crippen LogP contribution in [0.3, 0.4) is 0 Å². The van der Waals surface area contributed by atoms with Crippen molar-refractivity contribution in [2.45, 2.75) is 6.42 Å². The number of nitrogens with zero attached hydrogens (tertiary/aromatic N) is 7. The maximum absolute atomic E-state index is 13.5. The van der Waals surface area contributed by atoms with Crippen LogP contribution in [0.5, 0.6) is 17.6 Å². The molecule has 0 amide bonds. The number of anilines is 1. The Balaban J connectivity index is 1.78. The zero-order chi connectivity index (χ0) is 27.3. The number of methoxy groups -OCH3 is 3. The first kappa shape index (κ1) is 26.2. The molecule has 4 aromatic rings. The molecule has 38 heavy (non-hydrogen) atoms. The predicted octanol–water partition coefficient (Wildman–Crippen LogP) is 2.14. The fourth-order valence-electron chi connectivity index (χ4n) is 3.52. The minimum Gasteiger partial charge on any atom is -0.481 e. The first-order valence-corrected chi connectivity index (χ1v) is 12.5. The highest BCUT2D eigenvalue weighted by Crippen LogP contribution is 2.35. The van der Waals surface area contributed by atoms with Crippen LogP contribution < -0.4 is 18.9 Å². The molecule has 0 fully saturated rings. The maximum Gasteiger partial charge on any atom is 0.245 e. The molecule has 13 nitrogen and oxygen atoms in total. The number of nitrogens with one attached hydrogen (secondary N) is 1. The molecule has 0 atom stereocenters. The predicted molar refractivity (Wildman–Crippen MR) is 132 cm³/mol. The van der Waals surface area contributed by atoms with E-state index in [4.69, 9.17) is 14.2 Å². The molecule has 0 bridgehead atoms. The van der Waals surface area contributed by atoms with E-state index in [9.17, 15) is 18.1 Å². The van der Waals surface area contributed by atoms with Gasteiger partial charge in [0.2, 0.25) is 33.6 Å². The summed E-state index contributed by atoms with van der Waals surface area (Å²) in [5.41, 5.74) is 0.831. The second-order valence-corrected chi connectivity index (χ2v) is 9.41. The number of aromatic nitrogens is 6. The molecule has 0 spiro atoms. The van der Waals surface area contributed by atoms with Gasteiger partial charge in [0.05, 0.1) is 38.7 Å². The Hall–Kier alpha value is -4.84. The zero-order valence-electron chi connectivity index (χ0n) is 20.4. The number of pyridine rings is 1. The second kappa shape index (κ2) is 11.0. The van der Waals surface area contributed by atoms with Crippen molar-refractivity contribution in [3.8, 4) is 40.9 Å². The van der Waals surface area contributed by atoms with Gasteiger partial charge in [0, 0.05) is 6.07 Å². The van der Waals surface area contributed by atoms with Crippen LogP contribution in [0.1, 0.15) is 11.1 Å². The molecule has 0 saturated heterocycles. The Bertz CT molecular complexity index is 1600. The summed E-state index contributed by atoms with van der Waals surface area (Å²) in [7, 11) is 0.134. The lowest BCUT2D eigenvalue weighted by atomic mass is 10.1. The van der Waals surface area contributed by atoms with E-state index in [1.165, 1.54) is 38.3 Å². The lowest BCUT2D eigenvalue weighted by Crippen LogP contribution is -2.21. The molecular formula is C23H21FN8O5S. The van der Waals surface area contributed by atoms with Crippen LogP contribution in [0.2, 0.25) is 0 Å². The summed E-state index contributed by atoms with van der Waals surface area (Å²) in [5, 5.41) is 17.4. The second-order valence-electron chi connectivity index (χ2n) is 7.57. The van der Waals surface area contributed by atoms with E-state index >= 15 is 0 Å². The number of sulfonamides is 1. The van der Waals surface area contributed by atoms with E-state index in [1.807, 2.05) is 6.07 Å². The molecule has 196 valence electrons. The van der Waals surface area contributed by atoms with Crippen LogP contribution in [0.4, 0.5) is 10.3 Å². The SMILES string of the molecule is COc1cccc(-c2nnc(NS(=O)(=O)CCc3ccc(F)cc3C#N)n2-c2c(OC)ncnc2OC)n1. The van der Waals surface area contributed by atoms with Crippen molar-refractivity contribution < 1.29 is 27.0 Å². The first-order valence-electron chi connectivity index (χ1n) is 10.9. The molecule has 0 unspecified atom stereocenters. The average Bonchev–Trinajstić information content (AvgIpc) is 3.33. The van der Waals surface area contributed by atoms with Crippen LogP contribution in [0.25, 0.3) is 17.2 Å². The summed E-state index contributed by atoms with van der Waals surface area (Å²) in [6, 6.07) is 10.4. The fourth-order valence-corrected chi connectivity index (χ4v) is 4.52. The molecule has 0 saturated carbocycles. The number of rotatable bonds is 10.